The van der Waals surface area contributed by atoms with Crippen LogP contribution in [0, 0.1) is 0 Å². The second-order valence-electron chi connectivity index (χ2n) is 4.47. The maximum atomic E-state index is 11.8. The number of primary amides is 1. The minimum absolute atomic E-state index is 0.0918. The van der Waals surface area contributed by atoms with Gasteiger partial charge in [-0.1, -0.05) is 0 Å². The van der Waals surface area contributed by atoms with Gasteiger partial charge in [0.15, 0.2) is 0 Å². The molecule has 106 valence electrons. The number of thiophene rings is 1. The first kappa shape index (κ1) is 16.1. The highest BCUT2D eigenvalue weighted by molar-refractivity contribution is 9.10. The number of nitrogens with two attached hydrogens (primary N) is 1. The molecule has 3 N–H and O–H groups in total. The van der Waals surface area contributed by atoms with Gasteiger partial charge in [0.2, 0.25) is 11.8 Å². The van der Waals surface area contributed by atoms with E-state index in [1.807, 2.05) is 25.3 Å². The van der Waals surface area contributed by atoms with Crippen molar-refractivity contribution in [2.45, 2.75) is 26.4 Å². The Morgan fingerprint density at radius 1 is 1.47 bits per heavy atom. The van der Waals surface area contributed by atoms with Crippen molar-refractivity contribution in [1.82, 2.24) is 10.2 Å². The second-order valence-corrected chi connectivity index (χ2v) is 6.38. The normalized spacial score (nSPS) is 11.0. The van der Waals surface area contributed by atoms with Crippen LogP contribution in [0.25, 0.3) is 0 Å². The van der Waals surface area contributed by atoms with E-state index in [9.17, 15) is 9.59 Å². The number of carbonyl (C=O) groups excluding carboxylic acids is 2. The van der Waals surface area contributed by atoms with Gasteiger partial charge < -0.3 is 11.1 Å². The zero-order valence-electron chi connectivity index (χ0n) is 11.0. The topological polar surface area (TPSA) is 75.4 Å². The average molecular weight is 348 g/mol. The van der Waals surface area contributed by atoms with Crippen LogP contribution in [-0.4, -0.2) is 35.8 Å². The van der Waals surface area contributed by atoms with Gasteiger partial charge in [-0.05, 0) is 35.8 Å². The van der Waals surface area contributed by atoms with E-state index in [2.05, 4.69) is 21.2 Å². The highest BCUT2D eigenvalue weighted by atomic mass is 79.9. The van der Waals surface area contributed by atoms with Gasteiger partial charge in [0.25, 0.3) is 0 Å². The Morgan fingerprint density at radius 2 is 2.16 bits per heavy atom. The third-order valence-electron chi connectivity index (χ3n) is 2.52. The first-order chi connectivity index (χ1) is 8.88. The van der Waals surface area contributed by atoms with E-state index in [0.29, 0.717) is 6.54 Å². The molecule has 0 bridgehead atoms. The standard InChI is InChI=1S/C12H18BrN3O2S/c1-8(2)16(5-11(14)17)6-12(18)15-4-10-3-9(13)7-19-10/h3,7-8H,4-6H2,1-2H3,(H2,14,17)(H,15,18). The van der Waals surface area contributed by atoms with Crippen LogP contribution in [0.4, 0.5) is 0 Å². The Hall–Kier alpha value is -0.920. The van der Waals surface area contributed by atoms with E-state index in [-0.39, 0.29) is 25.0 Å². The molecule has 7 heteroatoms. The van der Waals surface area contributed by atoms with Gasteiger partial charge >= 0.3 is 0 Å². The molecule has 0 aliphatic heterocycles. The van der Waals surface area contributed by atoms with Crippen LogP contribution in [-0.2, 0) is 16.1 Å². The fourth-order valence-corrected chi connectivity index (χ4v) is 2.88. The van der Waals surface area contributed by atoms with Gasteiger partial charge in [-0.3, -0.25) is 14.5 Å². The lowest BCUT2D eigenvalue weighted by Crippen LogP contribution is -2.44. The van der Waals surface area contributed by atoms with Crippen LogP contribution in [0.15, 0.2) is 15.9 Å². The van der Waals surface area contributed by atoms with Gasteiger partial charge in [-0.25, -0.2) is 0 Å². The maximum Gasteiger partial charge on any atom is 0.234 e. The lowest BCUT2D eigenvalue weighted by Gasteiger charge is -2.24. The Balaban J connectivity index is 2.42. The number of rotatable bonds is 7. The van der Waals surface area contributed by atoms with Crippen molar-refractivity contribution < 1.29 is 9.59 Å². The summed E-state index contributed by atoms with van der Waals surface area (Å²) in [4.78, 5) is 25.5. The molecule has 0 aromatic carbocycles. The van der Waals surface area contributed by atoms with Gasteiger partial charge in [-0.15, -0.1) is 11.3 Å². The summed E-state index contributed by atoms with van der Waals surface area (Å²) in [6.07, 6.45) is 0. The lowest BCUT2D eigenvalue weighted by atomic mass is 10.3. The first-order valence-corrected chi connectivity index (χ1v) is 7.57. The molecule has 0 fully saturated rings. The molecule has 0 atom stereocenters. The fraction of sp³-hybridized carbons (Fsp3) is 0.500. The van der Waals surface area contributed by atoms with E-state index < -0.39 is 5.91 Å². The van der Waals surface area contributed by atoms with Crippen molar-refractivity contribution >= 4 is 39.1 Å². The summed E-state index contributed by atoms with van der Waals surface area (Å²) in [5.74, 6) is -0.539. The number of nitrogens with one attached hydrogen (secondary N) is 1. The number of carbonyl (C=O) groups is 2. The van der Waals surface area contributed by atoms with Gasteiger partial charge in [0.05, 0.1) is 19.6 Å². The summed E-state index contributed by atoms with van der Waals surface area (Å²) in [5.41, 5.74) is 5.16. The van der Waals surface area contributed by atoms with Gasteiger partial charge in [-0.2, -0.15) is 0 Å². The molecule has 1 aromatic heterocycles. The SMILES string of the molecule is CC(C)N(CC(N)=O)CC(=O)NCc1cc(Br)cs1. The number of amides is 2. The van der Waals surface area contributed by atoms with Crippen molar-refractivity contribution in [1.29, 1.82) is 0 Å². The summed E-state index contributed by atoms with van der Waals surface area (Å²) in [5, 5.41) is 4.79. The molecule has 0 radical (unpaired) electrons. The molecule has 1 rings (SSSR count). The summed E-state index contributed by atoms with van der Waals surface area (Å²) in [6, 6.07) is 2.06. The molecular weight excluding hydrogens is 330 g/mol. The monoisotopic (exact) mass is 347 g/mol. The van der Waals surface area contributed by atoms with Crippen LogP contribution >= 0.6 is 27.3 Å². The number of hydrogen-bond donors (Lipinski definition) is 2. The Morgan fingerprint density at radius 3 is 2.63 bits per heavy atom. The molecule has 0 aliphatic carbocycles. The van der Waals surface area contributed by atoms with Crippen LogP contribution in [0.3, 0.4) is 0 Å². The van der Waals surface area contributed by atoms with E-state index in [1.54, 1.807) is 16.2 Å². The largest absolute Gasteiger partial charge is 0.369 e. The van der Waals surface area contributed by atoms with Crippen molar-refractivity contribution in [3.05, 3.63) is 20.8 Å². The molecule has 5 nitrogen and oxygen atoms in total. The summed E-state index contributed by atoms with van der Waals surface area (Å²) >= 11 is 4.94. The quantitative estimate of drug-likeness (QED) is 0.781. The molecule has 2 amide bonds. The van der Waals surface area contributed by atoms with E-state index in [4.69, 9.17) is 5.73 Å². The van der Waals surface area contributed by atoms with Crippen LogP contribution in [0.5, 0.6) is 0 Å². The molecule has 1 heterocycles. The summed E-state index contributed by atoms with van der Waals surface area (Å²) in [6.45, 7) is 4.61. The molecule has 0 spiro atoms. The molecular formula is C12H18BrN3O2S. The summed E-state index contributed by atoms with van der Waals surface area (Å²) in [7, 11) is 0. The van der Waals surface area contributed by atoms with Crippen molar-refractivity contribution in [3.8, 4) is 0 Å². The fourth-order valence-electron chi connectivity index (χ4n) is 1.49. The highest BCUT2D eigenvalue weighted by Gasteiger charge is 2.15. The Bertz CT molecular complexity index is 448. The average Bonchev–Trinajstić information content (AvgIpc) is 2.71. The minimum Gasteiger partial charge on any atom is -0.369 e. The number of hydrogen-bond acceptors (Lipinski definition) is 4. The van der Waals surface area contributed by atoms with E-state index in [0.717, 1.165) is 9.35 Å². The third kappa shape index (κ3) is 6.17. The second kappa shape index (κ2) is 7.62. The van der Waals surface area contributed by atoms with Gasteiger partial charge in [0.1, 0.15) is 0 Å². The number of halogens is 1. The molecule has 0 unspecified atom stereocenters. The molecule has 1 aromatic rings. The first-order valence-electron chi connectivity index (χ1n) is 5.90. The highest BCUT2D eigenvalue weighted by Crippen LogP contribution is 2.19. The molecule has 19 heavy (non-hydrogen) atoms. The zero-order valence-corrected chi connectivity index (χ0v) is 13.4. The maximum absolute atomic E-state index is 11.8. The lowest BCUT2D eigenvalue weighted by molar-refractivity contribution is -0.124. The predicted molar refractivity (Wildman–Crippen MR) is 79.8 cm³/mol. The zero-order chi connectivity index (χ0) is 14.4. The summed E-state index contributed by atoms with van der Waals surface area (Å²) < 4.78 is 1.01. The predicted octanol–water partition coefficient (Wildman–Crippen LogP) is 1.32. The van der Waals surface area contributed by atoms with E-state index in [1.165, 1.54) is 0 Å². The smallest absolute Gasteiger partial charge is 0.234 e. The Labute approximate surface area is 125 Å². The van der Waals surface area contributed by atoms with Crippen molar-refractivity contribution in [2.75, 3.05) is 13.1 Å². The molecule has 0 saturated carbocycles. The van der Waals surface area contributed by atoms with E-state index >= 15 is 0 Å². The third-order valence-corrected chi connectivity index (χ3v) is 4.22. The molecule has 0 aliphatic rings. The molecule has 0 saturated heterocycles. The van der Waals surface area contributed by atoms with Crippen LogP contribution in [0.2, 0.25) is 0 Å². The van der Waals surface area contributed by atoms with Crippen LogP contribution in [0.1, 0.15) is 18.7 Å². The number of nitrogens with zero attached hydrogens (tertiary/aromatic N) is 1. The van der Waals surface area contributed by atoms with Crippen molar-refractivity contribution in [2.24, 2.45) is 5.73 Å². The Kier molecular flexibility index (Phi) is 6.47. The van der Waals surface area contributed by atoms with Crippen LogP contribution < -0.4 is 11.1 Å². The van der Waals surface area contributed by atoms with Gasteiger partial charge in [0, 0.05) is 20.8 Å². The minimum atomic E-state index is -0.427. The van der Waals surface area contributed by atoms with Crippen molar-refractivity contribution in [3.63, 3.8) is 0 Å².